The Kier molecular flexibility index (Phi) is 5.14. The van der Waals surface area contributed by atoms with Crippen molar-refractivity contribution in [3.63, 3.8) is 0 Å². The number of likely N-dealkylation sites (N-methyl/N-ethyl adjacent to an activating group) is 1. The topological polar surface area (TPSA) is 67.1 Å². The Balaban J connectivity index is 2.77. The standard InChI is InChI=1S/C11H21N5/c1-4-5-9-8-11(15-12)14-10(13-9)6-7-16(2)3/h8H,4-7,12H2,1-3H3,(H,13,14,15). The maximum atomic E-state index is 5.39. The van der Waals surface area contributed by atoms with E-state index in [1.165, 1.54) is 0 Å². The van der Waals surface area contributed by atoms with E-state index in [9.17, 15) is 0 Å². The van der Waals surface area contributed by atoms with E-state index in [2.05, 4.69) is 27.2 Å². The van der Waals surface area contributed by atoms with Crippen LogP contribution >= 0.6 is 0 Å². The number of anilines is 1. The average Bonchev–Trinajstić information content (AvgIpc) is 2.26. The third-order valence-corrected chi connectivity index (χ3v) is 2.26. The second kappa shape index (κ2) is 6.40. The molecule has 0 spiro atoms. The fourth-order valence-corrected chi connectivity index (χ4v) is 1.45. The molecule has 16 heavy (non-hydrogen) atoms. The van der Waals surface area contributed by atoms with Crippen LogP contribution in [0.2, 0.25) is 0 Å². The summed E-state index contributed by atoms with van der Waals surface area (Å²) < 4.78 is 0. The Bertz CT molecular complexity index is 324. The zero-order valence-electron chi connectivity index (χ0n) is 10.3. The summed E-state index contributed by atoms with van der Waals surface area (Å²) in [5.41, 5.74) is 3.64. The van der Waals surface area contributed by atoms with E-state index in [0.717, 1.165) is 37.3 Å². The minimum Gasteiger partial charge on any atom is -0.309 e. The summed E-state index contributed by atoms with van der Waals surface area (Å²) in [4.78, 5) is 11.0. The molecular formula is C11H21N5. The zero-order valence-corrected chi connectivity index (χ0v) is 10.3. The molecule has 0 fully saturated rings. The van der Waals surface area contributed by atoms with Crippen molar-refractivity contribution in [3.8, 4) is 0 Å². The lowest BCUT2D eigenvalue weighted by Gasteiger charge is -2.10. The van der Waals surface area contributed by atoms with Gasteiger partial charge in [-0.15, -0.1) is 0 Å². The number of rotatable bonds is 6. The van der Waals surface area contributed by atoms with Crippen LogP contribution in [0.25, 0.3) is 0 Å². The molecule has 3 N–H and O–H groups in total. The minimum atomic E-state index is 0.701. The zero-order chi connectivity index (χ0) is 12.0. The molecule has 90 valence electrons. The highest BCUT2D eigenvalue weighted by molar-refractivity contribution is 5.34. The second-order valence-electron chi connectivity index (χ2n) is 4.11. The van der Waals surface area contributed by atoms with Gasteiger partial charge in [0.05, 0.1) is 0 Å². The summed E-state index contributed by atoms with van der Waals surface area (Å²) in [6.45, 7) is 3.08. The van der Waals surface area contributed by atoms with Gasteiger partial charge in [-0.05, 0) is 20.5 Å². The molecular weight excluding hydrogens is 202 g/mol. The Hall–Kier alpha value is -1.20. The van der Waals surface area contributed by atoms with Crippen molar-refractivity contribution in [2.24, 2.45) is 5.84 Å². The van der Waals surface area contributed by atoms with Crippen LogP contribution in [0.4, 0.5) is 5.82 Å². The molecule has 0 atom stereocenters. The third-order valence-electron chi connectivity index (χ3n) is 2.26. The Morgan fingerprint density at radius 1 is 1.31 bits per heavy atom. The van der Waals surface area contributed by atoms with E-state index in [4.69, 9.17) is 5.84 Å². The van der Waals surface area contributed by atoms with Crippen molar-refractivity contribution >= 4 is 5.82 Å². The highest BCUT2D eigenvalue weighted by Gasteiger charge is 2.04. The molecule has 1 aromatic heterocycles. The molecule has 1 heterocycles. The highest BCUT2D eigenvalue weighted by atomic mass is 15.3. The van der Waals surface area contributed by atoms with Crippen molar-refractivity contribution in [1.82, 2.24) is 14.9 Å². The normalized spacial score (nSPS) is 10.8. The number of hydrogen-bond acceptors (Lipinski definition) is 5. The molecule has 1 aromatic rings. The molecule has 0 unspecified atom stereocenters. The van der Waals surface area contributed by atoms with Gasteiger partial charge in [0.25, 0.3) is 0 Å². The van der Waals surface area contributed by atoms with Crippen LogP contribution < -0.4 is 11.3 Å². The van der Waals surface area contributed by atoms with Gasteiger partial charge in [0.1, 0.15) is 11.6 Å². The van der Waals surface area contributed by atoms with Gasteiger partial charge in [0.15, 0.2) is 0 Å². The van der Waals surface area contributed by atoms with Gasteiger partial charge in [-0.1, -0.05) is 13.3 Å². The molecule has 5 nitrogen and oxygen atoms in total. The van der Waals surface area contributed by atoms with Crippen LogP contribution in [-0.4, -0.2) is 35.5 Å². The first-order valence-electron chi connectivity index (χ1n) is 5.64. The second-order valence-corrected chi connectivity index (χ2v) is 4.11. The van der Waals surface area contributed by atoms with Gasteiger partial charge >= 0.3 is 0 Å². The van der Waals surface area contributed by atoms with Gasteiger partial charge in [0.2, 0.25) is 0 Å². The van der Waals surface area contributed by atoms with Crippen molar-refractivity contribution in [2.75, 3.05) is 26.1 Å². The fraction of sp³-hybridized carbons (Fsp3) is 0.636. The van der Waals surface area contributed by atoms with E-state index in [-0.39, 0.29) is 0 Å². The fourth-order valence-electron chi connectivity index (χ4n) is 1.45. The number of hydrazine groups is 1. The smallest absolute Gasteiger partial charge is 0.143 e. The monoisotopic (exact) mass is 223 g/mol. The number of nitrogens with one attached hydrogen (secondary N) is 1. The molecule has 0 saturated heterocycles. The number of nitrogens with zero attached hydrogens (tertiary/aromatic N) is 3. The minimum absolute atomic E-state index is 0.701. The number of aryl methyl sites for hydroxylation is 1. The molecule has 5 heteroatoms. The molecule has 0 aliphatic carbocycles. The first kappa shape index (κ1) is 12.9. The SMILES string of the molecule is CCCc1cc(NN)nc(CCN(C)C)n1. The number of nitrogens with two attached hydrogens (primary N) is 1. The van der Waals surface area contributed by atoms with Crippen LogP contribution in [-0.2, 0) is 12.8 Å². The largest absolute Gasteiger partial charge is 0.309 e. The number of hydrogen-bond donors (Lipinski definition) is 2. The summed E-state index contributed by atoms with van der Waals surface area (Å²) in [5, 5.41) is 0. The Labute approximate surface area is 97.0 Å². The van der Waals surface area contributed by atoms with E-state index < -0.39 is 0 Å². The lowest BCUT2D eigenvalue weighted by Crippen LogP contribution is -2.18. The van der Waals surface area contributed by atoms with E-state index in [1.807, 2.05) is 20.2 Å². The van der Waals surface area contributed by atoms with Crippen molar-refractivity contribution in [1.29, 1.82) is 0 Å². The molecule has 0 aromatic carbocycles. The van der Waals surface area contributed by atoms with Crippen LogP contribution in [0.15, 0.2) is 6.07 Å². The van der Waals surface area contributed by atoms with Crippen molar-refractivity contribution in [2.45, 2.75) is 26.2 Å². The van der Waals surface area contributed by atoms with Gasteiger partial charge < -0.3 is 10.3 Å². The van der Waals surface area contributed by atoms with Crippen LogP contribution in [0, 0.1) is 0 Å². The molecule has 0 saturated carbocycles. The van der Waals surface area contributed by atoms with Gasteiger partial charge in [-0.2, -0.15) is 0 Å². The Morgan fingerprint density at radius 2 is 2.06 bits per heavy atom. The Morgan fingerprint density at radius 3 is 2.62 bits per heavy atom. The van der Waals surface area contributed by atoms with Crippen molar-refractivity contribution in [3.05, 3.63) is 17.6 Å². The van der Waals surface area contributed by atoms with Crippen LogP contribution in [0.5, 0.6) is 0 Å². The summed E-state index contributed by atoms with van der Waals surface area (Å²) in [6, 6.07) is 1.91. The van der Waals surface area contributed by atoms with Crippen LogP contribution in [0.1, 0.15) is 24.9 Å². The molecule has 0 amide bonds. The maximum Gasteiger partial charge on any atom is 0.143 e. The van der Waals surface area contributed by atoms with E-state index >= 15 is 0 Å². The predicted octanol–water partition coefficient (Wildman–Crippen LogP) is 0.819. The third kappa shape index (κ3) is 4.12. The number of aromatic nitrogens is 2. The first-order valence-corrected chi connectivity index (χ1v) is 5.64. The first-order chi connectivity index (χ1) is 7.65. The van der Waals surface area contributed by atoms with Gasteiger partial charge in [-0.3, -0.25) is 0 Å². The lowest BCUT2D eigenvalue weighted by atomic mass is 10.2. The van der Waals surface area contributed by atoms with E-state index in [0.29, 0.717) is 5.82 Å². The average molecular weight is 223 g/mol. The summed E-state index contributed by atoms with van der Waals surface area (Å²) in [6.07, 6.45) is 2.89. The quantitative estimate of drug-likeness (QED) is 0.552. The van der Waals surface area contributed by atoms with Crippen LogP contribution in [0.3, 0.4) is 0 Å². The molecule has 0 aliphatic heterocycles. The number of nitrogen functional groups attached to an aromatic ring is 1. The summed E-state index contributed by atoms with van der Waals surface area (Å²) >= 11 is 0. The molecule has 0 aliphatic rings. The lowest BCUT2D eigenvalue weighted by molar-refractivity contribution is 0.409. The predicted molar refractivity (Wildman–Crippen MR) is 66.1 cm³/mol. The van der Waals surface area contributed by atoms with Gasteiger partial charge in [0, 0.05) is 24.7 Å². The van der Waals surface area contributed by atoms with Crippen molar-refractivity contribution < 1.29 is 0 Å². The molecule has 1 rings (SSSR count). The molecule has 0 bridgehead atoms. The summed E-state index contributed by atoms with van der Waals surface area (Å²) in [7, 11) is 4.08. The summed E-state index contributed by atoms with van der Waals surface area (Å²) in [5.74, 6) is 6.94. The van der Waals surface area contributed by atoms with E-state index in [1.54, 1.807) is 0 Å². The highest BCUT2D eigenvalue weighted by Crippen LogP contribution is 2.08. The molecule has 0 radical (unpaired) electrons. The van der Waals surface area contributed by atoms with Gasteiger partial charge in [-0.25, -0.2) is 15.8 Å². The maximum absolute atomic E-state index is 5.39.